The van der Waals surface area contributed by atoms with Crippen molar-refractivity contribution >= 4 is 22.6 Å². The zero-order valence-corrected chi connectivity index (χ0v) is 13.7. The Morgan fingerprint density at radius 3 is 1.38 bits per heavy atom. The first kappa shape index (κ1) is 14.0. The fourth-order valence-corrected chi connectivity index (χ4v) is 3.79. The largest absolute Gasteiger partial charge is 0.0560 e. The van der Waals surface area contributed by atoms with Crippen LogP contribution >= 0.6 is 22.6 Å². The van der Waals surface area contributed by atoms with Crippen LogP contribution in [-0.2, 0) is 10.8 Å². The maximum absolute atomic E-state index is 2.51. The molecule has 0 saturated heterocycles. The molecule has 0 aliphatic carbocycles. The first-order chi connectivity index (χ1) is 7.03. The van der Waals surface area contributed by atoms with E-state index in [0.29, 0.717) is 0 Å². The van der Waals surface area contributed by atoms with Crippen molar-refractivity contribution in [2.24, 2.45) is 0 Å². The van der Waals surface area contributed by atoms with Gasteiger partial charge in [0.15, 0.2) is 0 Å². The van der Waals surface area contributed by atoms with Crippen LogP contribution in [0.5, 0.6) is 0 Å². The summed E-state index contributed by atoms with van der Waals surface area (Å²) < 4.78 is 1.43. The lowest BCUT2D eigenvalue weighted by Crippen LogP contribution is -2.20. The molecular weight excluding hydrogens is 307 g/mol. The number of aryl methyl sites for hydroxylation is 1. The van der Waals surface area contributed by atoms with E-state index in [1.165, 1.54) is 20.3 Å². The van der Waals surface area contributed by atoms with Gasteiger partial charge < -0.3 is 0 Å². The van der Waals surface area contributed by atoms with Crippen LogP contribution in [0.4, 0.5) is 0 Å². The summed E-state index contributed by atoms with van der Waals surface area (Å²) in [5.74, 6) is 0. The number of halogens is 1. The Morgan fingerprint density at radius 1 is 0.812 bits per heavy atom. The van der Waals surface area contributed by atoms with Crippen molar-refractivity contribution in [2.45, 2.75) is 59.3 Å². The second kappa shape index (κ2) is 4.32. The molecule has 90 valence electrons. The first-order valence-electron chi connectivity index (χ1n) is 5.84. The molecule has 0 aromatic heterocycles. The van der Waals surface area contributed by atoms with Crippen LogP contribution < -0.4 is 0 Å². The zero-order valence-electron chi connectivity index (χ0n) is 11.5. The Balaban J connectivity index is 3.51. The molecule has 0 heterocycles. The van der Waals surface area contributed by atoms with Gasteiger partial charge in [0.2, 0.25) is 0 Å². The Kier molecular flexibility index (Phi) is 3.78. The standard InChI is InChI=1S/C15H23I/c1-10-8-11(14(2,3)4)13(16)12(9-10)15(5,6)7/h8-9H,1-7H3. The van der Waals surface area contributed by atoms with Crippen molar-refractivity contribution in [1.29, 1.82) is 0 Å². The van der Waals surface area contributed by atoms with Crippen molar-refractivity contribution in [3.8, 4) is 0 Å². The van der Waals surface area contributed by atoms with Crippen molar-refractivity contribution in [1.82, 2.24) is 0 Å². The van der Waals surface area contributed by atoms with Gasteiger partial charge in [0.1, 0.15) is 0 Å². The van der Waals surface area contributed by atoms with Crippen LogP contribution in [0, 0.1) is 10.5 Å². The van der Waals surface area contributed by atoms with E-state index in [1.54, 1.807) is 0 Å². The average molecular weight is 330 g/mol. The molecule has 0 bridgehead atoms. The SMILES string of the molecule is Cc1cc(C(C)(C)C)c(I)c(C(C)(C)C)c1. The summed E-state index contributed by atoms with van der Waals surface area (Å²) in [5, 5.41) is 0. The van der Waals surface area contributed by atoms with E-state index in [-0.39, 0.29) is 10.8 Å². The van der Waals surface area contributed by atoms with E-state index >= 15 is 0 Å². The Bertz CT molecular complexity index is 354. The van der Waals surface area contributed by atoms with Crippen molar-refractivity contribution in [3.63, 3.8) is 0 Å². The molecule has 1 aromatic rings. The van der Waals surface area contributed by atoms with Crippen molar-refractivity contribution in [2.75, 3.05) is 0 Å². The molecule has 1 rings (SSSR count). The monoisotopic (exact) mass is 330 g/mol. The molecular formula is C15H23I. The smallest absolute Gasteiger partial charge is 0.0205 e. The highest BCUT2D eigenvalue weighted by Crippen LogP contribution is 2.35. The molecule has 1 aromatic carbocycles. The van der Waals surface area contributed by atoms with Crippen LogP contribution in [0.25, 0.3) is 0 Å². The normalized spacial score (nSPS) is 13.0. The number of hydrogen-bond donors (Lipinski definition) is 0. The van der Waals surface area contributed by atoms with Gasteiger partial charge in [0.05, 0.1) is 0 Å². The summed E-state index contributed by atoms with van der Waals surface area (Å²) >= 11 is 2.51. The summed E-state index contributed by atoms with van der Waals surface area (Å²) in [6.07, 6.45) is 0. The summed E-state index contributed by atoms with van der Waals surface area (Å²) in [5.41, 5.74) is 4.76. The van der Waals surface area contributed by atoms with Crippen LogP contribution in [0.3, 0.4) is 0 Å². The van der Waals surface area contributed by atoms with Gasteiger partial charge in [-0.2, -0.15) is 0 Å². The van der Waals surface area contributed by atoms with Crippen LogP contribution in [0.2, 0.25) is 0 Å². The highest BCUT2D eigenvalue weighted by atomic mass is 127. The van der Waals surface area contributed by atoms with E-state index in [9.17, 15) is 0 Å². The van der Waals surface area contributed by atoms with E-state index < -0.39 is 0 Å². The molecule has 0 spiro atoms. The molecule has 0 aliphatic heterocycles. The molecule has 0 atom stereocenters. The summed E-state index contributed by atoms with van der Waals surface area (Å²) in [4.78, 5) is 0. The lowest BCUT2D eigenvalue weighted by atomic mass is 9.80. The number of rotatable bonds is 0. The third kappa shape index (κ3) is 2.99. The molecule has 0 unspecified atom stereocenters. The maximum Gasteiger partial charge on any atom is 0.0205 e. The Morgan fingerprint density at radius 2 is 1.12 bits per heavy atom. The Labute approximate surface area is 114 Å². The third-order valence-corrected chi connectivity index (χ3v) is 4.00. The van der Waals surface area contributed by atoms with Gasteiger partial charge >= 0.3 is 0 Å². The summed E-state index contributed by atoms with van der Waals surface area (Å²) in [6.45, 7) is 15.9. The molecule has 0 fully saturated rings. The van der Waals surface area contributed by atoms with Crippen LogP contribution in [-0.4, -0.2) is 0 Å². The molecule has 0 radical (unpaired) electrons. The topological polar surface area (TPSA) is 0 Å². The minimum atomic E-state index is 0.225. The van der Waals surface area contributed by atoms with Gasteiger partial charge in [-0.15, -0.1) is 0 Å². The average Bonchev–Trinajstić information content (AvgIpc) is 2.04. The van der Waals surface area contributed by atoms with Crippen molar-refractivity contribution < 1.29 is 0 Å². The van der Waals surface area contributed by atoms with E-state index in [0.717, 1.165) is 0 Å². The van der Waals surface area contributed by atoms with E-state index in [4.69, 9.17) is 0 Å². The predicted octanol–water partition coefficient (Wildman–Crippen LogP) is 5.19. The molecule has 16 heavy (non-hydrogen) atoms. The molecule has 0 amide bonds. The van der Waals surface area contributed by atoms with Gasteiger partial charge in [-0.05, 0) is 51.5 Å². The first-order valence-corrected chi connectivity index (χ1v) is 6.92. The molecule has 0 saturated carbocycles. The summed E-state index contributed by atoms with van der Waals surface area (Å²) in [7, 11) is 0. The van der Waals surface area contributed by atoms with Crippen LogP contribution in [0.1, 0.15) is 58.2 Å². The second-order valence-electron chi connectivity index (χ2n) is 6.67. The van der Waals surface area contributed by atoms with E-state index in [1.807, 2.05) is 0 Å². The van der Waals surface area contributed by atoms with Gasteiger partial charge in [-0.25, -0.2) is 0 Å². The lowest BCUT2D eigenvalue weighted by molar-refractivity contribution is 0.561. The fraction of sp³-hybridized carbons (Fsp3) is 0.600. The summed E-state index contributed by atoms with van der Waals surface area (Å²) in [6, 6.07) is 4.66. The van der Waals surface area contributed by atoms with Gasteiger partial charge in [0.25, 0.3) is 0 Å². The van der Waals surface area contributed by atoms with Gasteiger partial charge in [0, 0.05) is 3.57 Å². The minimum absolute atomic E-state index is 0.225. The highest BCUT2D eigenvalue weighted by Gasteiger charge is 2.24. The quantitative estimate of drug-likeness (QED) is 0.574. The predicted molar refractivity (Wildman–Crippen MR) is 81.3 cm³/mol. The third-order valence-electron chi connectivity index (χ3n) is 2.83. The second-order valence-corrected chi connectivity index (χ2v) is 7.75. The molecule has 1 heteroatoms. The van der Waals surface area contributed by atoms with E-state index in [2.05, 4.69) is 83.2 Å². The zero-order chi connectivity index (χ0) is 12.7. The molecule has 0 aliphatic rings. The maximum atomic E-state index is 2.51. The van der Waals surface area contributed by atoms with Gasteiger partial charge in [-0.3, -0.25) is 0 Å². The number of hydrogen-bond acceptors (Lipinski definition) is 0. The fourth-order valence-electron chi connectivity index (χ4n) is 1.86. The highest BCUT2D eigenvalue weighted by molar-refractivity contribution is 14.1. The molecule has 0 N–H and O–H groups in total. The minimum Gasteiger partial charge on any atom is -0.0560 e. The van der Waals surface area contributed by atoms with Crippen molar-refractivity contribution in [3.05, 3.63) is 32.4 Å². The number of benzene rings is 1. The van der Waals surface area contributed by atoms with Gasteiger partial charge in [-0.1, -0.05) is 59.2 Å². The van der Waals surface area contributed by atoms with Crippen LogP contribution in [0.15, 0.2) is 12.1 Å². The Hall–Kier alpha value is -0.0500. The molecule has 0 nitrogen and oxygen atoms in total. The lowest BCUT2D eigenvalue weighted by Gasteiger charge is -2.28.